The zero-order chi connectivity index (χ0) is 17.5. The molecule has 1 saturated carbocycles. The average Bonchev–Trinajstić information content (AvgIpc) is 2.55. The minimum absolute atomic E-state index is 0.121. The van der Waals surface area contributed by atoms with Gasteiger partial charge in [-0.15, -0.1) is 0 Å². The predicted octanol–water partition coefficient (Wildman–Crippen LogP) is 4.12. The van der Waals surface area contributed by atoms with Gasteiger partial charge in [-0.05, 0) is 49.0 Å². The molecule has 0 heterocycles. The first kappa shape index (κ1) is 16.6. The summed E-state index contributed by atoms with van der Waals surface area (Å²) in [5.74, 6) is 0.218. The summed E-state index contributed by atoms with van der Waals surface area (Å²) in [6.07, 6.45) is 5.61. The third kappa shape index (κ3) is 2.79. The molecule has 3 heteroatoms. The van der Waals surface area contributed by atoms with Crippen LogP contribution in [-0.2, 0) is 11.2 Å². The molecule has 2 aliphatic rings. The highest BCUT2D eigenvalue weighted by Gasteiger charge is 2.40. The predicted molar refractivity (Wildman–Crippen MR) is 93.2 cm³/mol. The van der Waals surface area contributed by atoms with Crippen LogP contribution in [0.25, 0.3) is 0 Å². The Kier molecular flexibility index (Phi) is 4.12. The van der Waals surface area contributed by atoms with E-state index in [0.717, 1.165) is 30.4 Å². The van der Waals surface area contributed by atoms with E-state index in [-0.39, 0.29) is 22.9 Å². The van der Waals surface area contributed by atoms with Gasteiger partial charge in [-0.1, -0.05) is 38.1 Å². The molecule has 2 aliphatic carbocycles. The molecule has 124 valence electrons. The van der Waals surface area contributed by atoms with Crippen LogP contribution in [-0.4, -0.2) is 17.3 Å². The lowest BCUT2D eigenvalue weighted by Crippen LogP contribution is -2.38. The molecule has 0 radical (unpaired) electrons. The fourth-order valence-electron chi connectivity index (χ4n) is 3.85. The molecule has 3 nitrogen and oxygen atoms in total. The van der Waals surface area contributed by atoms with E-state index in [2.05, 4.69) is 6.58 Å². The minimum atomic E-state index is -0.377. The summed E-state index contributed by atoms with van der Waals surface area (Å²) in [7, 11) is 0. The fourth-order valence-corrected chi connectivity index (χ4v) is 3.85. The Morgan fingerprint density at radius 3 is 2.42 bits per heavy atom. The first-order valence-electron chi connectivity index (χ1n) is 8.41. The number of carbonyl (C=O) groups is 3. The Morgan fingerprint density at radius 2 is 1.71 bits per heavy atom. The normalized spacial score (nSPS) is 22.7. The zero-order valence-corrected chi connectivity index (χ0v) is 14.2. The molecule has 0 N–H and O–H groups in total. The Labute approximate surface area is 142 Å². The van der Waals surface area contributed by atoms with E-state index in [9.17, 15) is 14.4 Å². The van der Waals surface area contributed by atoms with Crippen LogP contribution >= 0.6 is 0 Å². The van der Waals surface area contributed by atoms with E-state index in [1.165, 1.54) is 12.2 Å². The number of ketones is 3. The summed E-state index contributed by atoms with van der Waals surface area (Å²) < 4.78 is 0. The van der Waals surface area contributed by atoms with Crippen molar-refractivity contribution in [2.45, 2.75) is 39.5 Å². The lowest BCUT2D eigenvalue weighted by molar-refractivity contribution is -0.130. The molecule has 0 aromatic heterocycles. The lowest BCUT2D eigenvalue weighted by atomic mass is 9.64. The lowest BCUT2D eigenvalue weighted by Gasteiger charge is -2.39. The molecule has 0 aliphatic heterocycles. The Hall–Kier alpha value is -2.29. The summed E-state index contributed by atoms with van der Waals surface area (Å²) in [5.41, 5.74) is 2.75. The Balaban J connectivity index is 1.79. The van der Waals surface area contributed by atoms with Gasteiger partial charge in [-0.3, -0.25) is 14.4 Å². The Bertz CT molecular complexity index is 780. The number of Topliss-reactive ketones (excluding diaryl/α,β-unsaturated/α-hetero) is 1. The molecule has 24 heavy (non-hydrogen) atoms. The first-order valence-corrected chi connectivity index (χ1v) is 8.41. The van der Waals surface area contributed by atoms with Gasteiger partial charge in [0, 0.05) is 23.0 Å². The van der Waals surface area contributed by atoms with Crippen LogP contribution in [0, 0.1) is 11.3 Å². The van der Waals surface area contributed by atoms with Gasteiger partial charge >= 0.3 is 0 Å². The van der Waals surface area contributed by atoms with Crippen LogP contribution in [0.1, 0.15) is 59.4 Å². The molecule has 3 rings (SSSR count). The van der Waals surface area contributed by atoms with Gasteiger partial charge in [-0.25, -0.2) is 0 Å². The van der Waals surface area contributed by atoms with Crippen LogP contribution in [0.4, 0.5) is 0 Å². The molecule has 1 aromatic carbocycles. The van der Waals surface area contributed by atoms with Crippen molar-refractivity contribution >= 4 is 17.3 Å². The second kappa shape index (κ2) is 5.97. The van der Waals surface area contributed by atoms with Crippen molar-refractivity contribution in [3.8, 4) is 0 Å². The smallest absolute Gasteiger partial charge is 0.186 e. The van der Waals surface area contributed by atoms with Crippen molar-refractivity contribution in [3.63, 3.8) is 0 Å². The molecular formula is C21H22O3. The van der Waals surface area contributed by atoms with Crippen molar-refractivity contribution in [2.75, 3.05) is 0 Å². The number of hydrogen-bond donors (Lipinski definition) is 0. The van der Waals surface area contributed by atoms with Gasteiger partial charge in [-0.2, -0.15) is 0 Å². The molecule has 1 aromatic rings. The molecular weight excluding hydrogens is 300 g/mol. The van der Waals surface area contributed by atoms with Crippen molar-refractivity contribution in [3.05, 3.63) is 59.2 Å². The highest BCUT2D eigenvalue weighted by Crippen LogP contribution is 2.43. The fraction of sp³-hybridized carbons (Fsp3) is 0.381. The summed E-state index contributed by atoms with van der Waals surface area (Å²) >= 11 is 0. The largest absolute Gasteiger partial charge is 0.299 e. The van der Waals surface area contributed by atoms with Crippen molar-refractivity contribution in [1.29, 1.82) is 0 Å². The number of rotatable bonds is 3. The molecule has 0 amide bonds. The van der Waals surface area contributed by atoms with Gasteiger partial charge in [0.05, 0.1) is 0 Å². The number of hydrogen-bond acceptors (Lipinski definition) is 3. The molecule has 0 saturated heterocycles. The van der Waals surface area contributed by atoms with Crippen molar-refractivity contribution in [2.24, 2.45) is 11.3 Å². The summed E-state index contributed by atoms with van der Waals surface area (Å²) in [5, 5.41) is 0. The summed E-state index contributed by atoms with van der Waals surface area (Å²) in [4.78, 5) is 36.0. The topological polar surface area (TPSA) is 51.2 Å². The highest BCUT2D eigenvalue weighted by molar-refractivity contribution is 6.22. The number of carbonyl (C=O) groups excluding carboxylic acids is 3. The average molecular weight is 322 g/mol. The monoisotopic (exact) mass is 322 g/mol. The van der Waals surface area contributed by atoms with Crippen LogP contribution in [0.15, 0.2) is 42.5 Å². The number of fused-ring (bicyclic) bond motifs is 1. The second-order valence-corrected chi connectivity index (χ2v) is 7.34. The van der Waals surface area contributed by atoms with Gasteiger partial charge < -0.3 is 0 Å². The van der Waals surface area contributed by atoms with Crippen LogP contribution in [0.5, 0.6) is 0 Å². The third-order valence-electron chi connectivity index (χ3n) is 5.48. The van der Waals surface area contributed by atoms with E-state index < -0.39 is 0 Å². The maximum absolute atomic E-state index is 12.2. The maximum atomic E-state index is 12.2. The van der Waals surface area contributed by atoms with Crippen LogP contribution in [0.3, 0.4) is 0 Å². The van der Waals surface area contributed by atoms with Gasteiger partial charge in [0.25, 0.3) is 0 Å². The number of aryl methyl sites for hydroxylation is 1. The number of benzene rings is 1. The molecule has 0 spiro atoms. The first-order chi connectivity index (χ1) is 11.3. The molecule has 0 unspecified atom stereocenters. The van der Waals surface area contributed by atoms with E-state index >= 15 is 0 Å². The van der Waals surface area contributed by atoms with Crippen LogP contribution < -0.4 is 0 Å². The highest BCUT2D eigenvalue weighted by atomic mass is 16.1. The minimum Gasteiger partial charge on any atom is -0.299 e. The van der Waals surface area contributed by atoms with Crippen molar-refractivity contribution < 1.29 is 14.4 Å². The van der Waals surface area contributed by atoms with Crippen molar-refractivity contribution in [1.82, 2.24) is 0 Å². The summed E-state index contributed by atoms with van der Waals surface area (Å²) in [6, 6.07) is 5.46. The SMILES string of the molecule is C=C1CCC(=O)C(C)(C)[C@H]1CCc1ccc2c(c1)C(=O)C=CC2=O. The maximum Gasteiger partial charge on any atom is 0.186 e. The van der Waals surface area contributed by atoms with Gasteiger partial charge in [0.15, 0.2) is 11.6 Å². The molecule has 1 fully saturated rings. The third-order valence-corrected chi connectivity index (χ3v) is 5.48. The van der Waals surface area contributed by atoms with E-state index in [4.69, 9.17) is 0 Å². The van der Waals surface area contributed by atoms with Gasteiger partial charge in [0.1, 0.15) is 5.78 Å². The van der Waals surface area contributed by atoms with E-state index in [1.54, 1.807) is 6.07 Å². The number of allylic oxidation sites excluding steroid dienone is 3. The quantitative estimate of drug-likeness (QED) is 0.787. The molecule has 0 bridgehead atoms. The summed E-state index contributed by atoms with van der Waals surface area (Å²) in [6.45, 7) is 8.18. The van der Waals surface area contributed by atoms with Crippen LogP contribution in [0.2, 0.25) is 0 Å². The second-order valence-electron chi connectivity index (χ2n) is 7.34. The van der Waals surface area contributed by atoms with Gasteiger partial charge in [0.2, 0.25) is 0 Å². The van der Waals surface area contributed by atoms with E-state index in [0.29, 0.717) is 23.3 Å². The standard InChI is InChI=1S/C21H22O3/c1-13-4-11-20(24)21(2,3)17(13)8-6-14-5-7-15-16(12-14)19(23)10-9-18(15)22/h5,7,9-10,12,17H,1,4,6,8,11H2,2-3H3/t17-/m0/s1. The Morgan fingerprint density at radius 1 is 1.04 bits per heavy atom. The molecule has 1 atom stereocenters. The van der Waals surface area contributed by atoms with E-state index in [1.807, 2.05) is 26.0 Å². The zero-order valence-electron chi connectivity index (χ0n) is 14.2.